The highest BCUT2D eigenvalue weighted by Crippen LogP contribution is 2.21. The van der Waals surface area contributed by atoms with E-state index in [2.05, 4.69) is 5.32 Å². The van der Waals surface area contributed by atoms with Gasteiger partial charge in [0.15, 0.2) is 0 Å². The van der Waals surface area contributed by atoms with Crippen LogP contribution in [0.25, 0.3) is 0 Å². The zero-order valence-corrected chi connectivity index (χ0v) is 11.5. The van der Waals surface area contributed by atoms with Crippen LogP contribution in [0.3, 0.4) is 0 Å². The Hall–Kier alpha value is -0.970. The fraction of sp³-hybridized carbons (Fsp3) is 0.417. The van der Waals surface area contributed by atoms with E-state index in [4.69, 9.17) is 27.9 Å². The molecule has 0 bridgehead atoms. The van der Waals surface area contributed by atoms with Gasteiger partial charge in [0.2, 0.25) is 0 Å². The standard InChI is InChI=1S/C12H15Cl2NO3/c1-18-7-9(14)4-5-15-12(17)10-3-2-8(13)6-11(10)16/h2-3,6,9,16H,4-5,7H2,1H3,(H,15,17). The molecule has 1 unspecified atom stereocenters. The zero-order valence-electron chi connectivity index (χ0n) is 9.95. The summed E-state index contributed by atoms with van der Waals surface area (Å²) < 4.78 is 4.88. The van der Waals surface area contributed by atoms with Crippen molar-refractivity contribution in [2.24, 2.45) is 0 Å². The molecule has 0 aliphatic carbocycles. The molecule has 0 radical (unpaired) electrons. The van der Waals surface area contributed by atoms with Crippen molar-refractivity contribution in [1.82, 2.24) is 5.32 Å². The molecule has 1 aromatic rings. The SMILES string of the molecule is COCC(Cl)CCNC(=O)c1ccc(Cl)cc1O. The molecule has 0 saturated heterocycles. The summed E-state index contributed by atoms with van der Waals surface area (Å²) in [5.74, 6) is -0.496. The second kappa shape index (κ2) is 7.46. The van der Waals surface area contributed by atoms with Crippen molar-refractivity contribution in [3.8, 4) is 5.75 Å². The first kappa shape index (κ1) is 15.1. The Labute approximate surface area is 116 Å². The molecule has 4 nitrogen and oxygen atoms in total. The first-order valence-electron chi connectivity index (χ1n) is 5.44. The maximum Gasteiger partial charge on any atom is 0.255 e. The number of carbonyl (C=O) groups excluding carboxylic acids is 1. The normalized spacial score (nSPS) is 12.2. The highest BCUT2D eigenvalue weighted by atomic mass is 35.5. The number of nitrogens with one attached hydrogen (secondary N) is 1. The second-order valence-corrected chi connectivity index (χ2v) is 4.81. The largest absolute Gasteiger partial charge is 0.507 e. The minimum Gasteiger partial charge on any atom is -0.507 e. The molecule has 18 heavy (non-hydrogen) atoms. The van der Waals surface area contributed by atoms with Gasteiger partial charge in [0.1, 0.15) is 5.75 Å². The number of carbonyl (C=O) groups is 1. The van der Waals surface area contributed by atoms with Gasteiger partial charge < -0.3 is 15.2 Å². The maximum atomic E-state index is 11.7. The van der Waals surface area contributed by atoms with Crippen molar-refractivity contribution < 1.29 is 14.6 Å². The van der Waals surface area contributed by atoms with E-state index < -0.39 is 0 Å². The summed E-state index contributed by atoms with van der Waals surface area (Å²) in [6.45, 7) is 0.849. The topological polar surface area (TPSA) is 58.6 Å². The highest BCUT2D eigenvalue weighted by molar-refractivity contribution is 6.30. The van der Waals surface area contributed by atoms with E-state index in [0.717, 1.165) is 0 Å². The van der Waals surface area contributed by atoms with Crippen molar-refractivity contribution in [1.29, 1.82) is 0 Å². The lowest BCUT2D eigenvalue weighted by atomic mass is 10.2. The number of amides is 1. The smallest absolute Gasteiger partial charge is 0.255 e. The van der Waals surface area contributed by atoms with Gasteiger partial charge in [-0.15, -0.1) is 11.6 Å². The van der Waals surface area contributed by atoms with E-state index in [9.17, 15) is 9.90 Å². The van der Waals surface area contributed by atoms with Crippen LogP contribution in [-0.2, 0) is 4.74 Å². The van der Waals surface area contributed by atoms with Crippen molar-refractivity contribution in [2.45, 2.75) is 11.8 Å². The lowest BCUT2D eigenvalue weighted by molar-refractivity contribution is 0.0949. The summed E-state index contributed by atoms with van der Waals surface area (Å²) in [7, 11) is 1.57. The molecule has 1 aromatic carbocycles. The molecule has 0 aliphatic heterocycles. The molecule has 0 aliphatic rings. The predicted molar refractivity (Wildman–Crippen MR) is 71.6 cm³/mol. The molecule has 1 amide bonds. The van der Waals surface area contributed by atoms with Crippen LogP contribution < -0.4 is 5.32 Å². The van der Waals surface area contributed by atoms with E-state index >= 15 is 0 Å². The van der Waals surface area contributed by atoms with E-state index in [1.807, 2.05) is 0 Å². The quantitative estimate of drug-likeness (QED) is 0.792. The molecule has 0 fully saturated rings. The molecule has 1 atom stereocenters. The third-order valence-electron chi connectivity index (χ3n) is 2.30. The number of hydrogen-bond donors (Lipinski definition) is 2. The third-order valence-corrected chi connectivity index (χ3v) is 2.87. The first-order valence-corrected chi connectivity index (χ1v) is 6.25. The minimum absolute atomic E-state index is 0.140. The average molecular weight is 292 g/mol. The van der Waals surface area contributed by atoms with E-state index in [1.54, 1.807) is 13.2 Å². The van der Waals surface area contributed by atoms with Gasteiger partial charge in [0, 0.05) is 18.7 Å². The van der Waals surface area contributed by atoms with E-state index in [-0.39, 0.29) is 22.6 Å². The third kappa shape index (κ3) is 4.72. The zero-order chi connectivity index (χ0) is 13.5. The molecule has 0 saturated carbocycles. The van der Waals surface area contributed by atoms with Crippen LogP contribution in [0.1, 0.15) is 16.8 Å². The molecular formula is C12H15Cl2NO3. The van der Waals surface area contributed by atoms with Crippen LogP contribution in [0.4, 0.5) is 0 Å². The number of ether oxygens (including phenoxy) is 1. The summed E-state index contributed by atoms with van der Waals surface area (Å²) in [6, 6.07) is 4.34. The Kier molecular flexibility index (Phi) is 6.25. The number of benzene rings is 1. The number of hydrogen-bond acceptors (Lipinski definition) is 3. The van der Waals surface area contributed by atoms with Gasteiger partial charge in [0.25, 0.3) is 5.91 Å². The summed E-state index contributed by atoms with van der Waals surface area (Å²) >= 11 is 11.6. The first-order chi connectivity index (χ1) is 8.54. The monoisotopic (exact) mass is 291 g/mol. The molecule has 0 heterocycles. The van der Waals surface area contributed by atoms with Gasteiger partial charge in [-0.2, -0.15) is 0 Å². The fourth-order valence-electron chi connectivity index (χ4n) is 1.40. The number of phenolic OH excluding ortho intramolecular Hbond substituents is 1. The van der Waals surface area contributed by atoms with Crippen molar-refractivity contribution in [3.05, 3.63) is 28.8 Å². The molecule has 6 heteroatoms. The van der Waals surface area contributed by atoms with Crippen molar-refractivity contribution >= 4 is 29.1 Å². The van der Waals surface area contributed by atoms with Gasteiger partial charge in [-0.1, -0.05) is 11.6 Å². The number of alkyl halides is 1. The van der Waals surface area contributed by atoms with Crippen LogP contribution in [-0.4, -0.2) is 36.7 Å². The molecular weight excluding hydrogens is 277 g/mol. The number of aromatic hydroxyl groups is 1. The minimum atomic E-state index is -0.356. The molecule has 100 valence electrons. The van der Waals surface area contributed by atoms with Crippen LogP contribution in [0.15, 0.2) is 18.2 Å². The molecule has 0 spiro atoms. The van der Waals surface area contributed by atoms with E-state index in [0.29, 0.717) is 24.6 Å². The number of rotatable bonds is 6. The highest BCUT2D eigenvalue weighted by Gasteiger charge is 2.11. The predicted octanol–water partition coefficient (Wildman–Crippen LogP) is 2.42. The van der Waals surface area contributed by atoms with Gasteiger partial charge in [0.05, 0.1) is 17.5 Å². The Bertz CT molecular complexity index is 412. The lowest BCUT2D eigenvalue weighted by Crippen LogP contribution is -2.27. The number of halogens is 2. The van der Waals surface area contributed by atoms with Gasteiger partial charge in [-0.05, 0) is 24.6 Å². The van der Waals surface area contributed by atoms with Crippen molar-refractivity contribution in [3.63, 3.8) is 0 Å². The molecule has 2 N–H and O–H groups in total. The number of methoxy groups -OCH3 is 1. The summed E-state index contributed by atoms with van der Waals surface area (Å²) in [4.78, 5) is 11.7. The van der Waals surface area contributed by atoms with Gasteiger partial charge in [-0.3, -0.25) is 4.79 Å². The average Bonchev–Trinajstić information content (AvgIpc) is 2.29. The van der Waals surface area contributed by atoms with Gasteiger partial charge >= 0.3 is 0 Å². The summed E-state index contributed by atoms with van der Waals surface area (Å²) in [5, 5.41) is 12.5. The van der Waals surface area contributed by atoms with Crippen LogP contribution in [0.2, 0.25) is 5.02 Å². The van der Waals surface area contributed by atoms with Crippen molar-refractivity contribution in [2.75, 3.05) is 20.3 Å². The number of phenols is 1. The van der Waals surface area contributed by atoms with Crippen LogP contribution in [0.5, 0.6) is 5.75 Å². The summed E-state index contributed by atoms with van der Waals surface area (Å²) in [6.07, 6.45) is 0.593. The Morgan fingerprint density at radius 1 is 1.56 bits per heavy atom. The summed E-state index contributed by atoms with van der Waals surface area (Å²) in [5.41, 5.74) is 0.192. The Balaban J connectivity index is 2.45. The lowest BCUT2D eigenvalue weighted by Gasteiger charge is -2.10. The van der Waals surface area contributed by atoms with Crippen LogP contribution in [0, 0.1) is 0 Å². The van der Waals surface area contributed by atoms with Crippen LogP contribution >= 0.6 is 23.2 Å². The maximum absolute atomic E-state index is 11.7. The Morgan fingerprint density at radius 3 is 2.89 bits per heavy atom. The molecule has 1 rings (SSSR count). The van der Waals surface area contributed by atoms with E-state index in [1.165, 1.54) is 12.1 Å². The van der Waals surface area contributed by atoms with Gasteiger partial charge in [-0.25, -0.2) is 0 Å². The Morgan fingerprint density at radius 2 is 2.28 bits per heavy atom. The molecule has 0 aromatic heterocycles. The second-order valence-electron chi connectivity index (χ2n) is 3.76. The fourth-order valence-corrected chi connectivity index (χ4v) is 1.80.